The van der Waals surface area contributed by atoms with Gasteiger partial charge >= 0.3 is 0 Å². The van der Waals surface area contributed by atoms with Gasteiger partial charge < -0.3 is 4.74 Å². The average molecular weight is 318 g/mol. The second-order valence-electron chi connectivity index (χ2n) is 6.50. The highest BCUT2D eigenvalue weighted by Crippen LogP contribution is 2.38. The Balaban J connectivity index is 1.95. The van der Waals surface area contributed by atoms with E-state index in [9.17, 15) is 0 Å². The standard InChI is InChI=1S/C15H28BrNO/c1-13-9-17(10-14(2)18-13)12-15(11-16)7-5-3-4-6-8-15/h13-14H,3-12H2,1-2H3/t13-,14+. The summed E-state index contributed by atoms with van der Waals surface area (Å²) in [6.45, 7) is 7.89. The summed E-state index contributed by atoms with van der Waals surface area (Å²) in [5, 5.41) is 1.17. The van der Waals surface area contributed by atoms with Crippen LogP contribution in [0.3, 0.4) is 0 Å². The molecule has 0 aromatic carbocycles. The lowest BCUT2D eigenvalue weighted by molar-refractivity contribution is -0.0772. The number of morpholine rings is 1. The Kier molecular flexibility index (Phi) is 5.52. The molecule has 2 aliphatic rings. The molecule has 1 aliphatic heterocycles. The van der Waals surface area contributed by atoms with Crippen molar-refractivity contribution in [1.82, 2.24) is 4.90 Å². The zero-order valence-corrected chi connectivity index (χ0v) is 13.5. The summed E-state index contributed by atoms with van der Waals surface area (Å²) in [7, 11) is 0. The molecule has 3 heteroatoms. The number of hydrogen-bond donors (Lipinski definition) is 0. The van der Waals surface area contributed by atoms with Crippen molar-refractivity contribution in [1.29, 1.82) is 0 Å². The maximum atomic E-state index is 5.84. The van der Waals surface area contributed by atoms with Crippen molar-refractivity contribution in [3.05, 3.63) is 0 Å². The third kappa shape index (κ3) is 3.94. The SMILES string of the molecule is C[C@@H]1CN(CC2(CBr)CCCCCC2)C[C@H](C)O1. The van der Waals surface area contributed by atoms with Crippen molar-refractivity contribution in [2.24, 2.45) is 5.41 Å². The van der Waals surface area contributed by atoms with Crippen molar-refractivity contribution in [3.8, 4) is 0 Å². The maximum Gasteiger partial charge on any atom is 0.0678 e. The van der Waals surface area contributed by atoms with Gasteiger partial charge in [-0.05, 0) is 32.1 Å². The minimum atomic E-state index is 0.395. The predicted molar refractivity (Wildman–Crippen MR) is 80.4 cm³/mol. The van der Waals surface area contributed by atoms with Gasteiger partial charge in [-0.3, -0.25) is 4.90 Å². The van der Waals surface area contributed by atoms with E-state index in [0.29, 0.717) is 17.6 Å². The molecule has 0 spiro atoms. The van der Waals surface area contributed by atoms with Gasteiger partial charge in [0.05, 0.1) is 12.2 Å². The first-order valence-electron chi connectivity index (χ1n) is 7.57. The van der Waals surface area contributed by atoms with Crippen LogP contribution < -0.4 is 0 Å². The molecule has 0 aromatic rings. The van der Waals surface area contributed by atoms with Gasteiger partial charge in [0, 0.05) is 25.0 Å². The van der Waals surface area contributed by atoms with Crippen molar-refractivity contribution < 1.29 is 4.74 Å². The van der Waals surface area contributed by atoms with Gasteiger partial charge in [-0.1, -0.05) is 41.6 Å². The number of alkyl halides is 1. The summed E-state index contributed by atoms with van der Waals surface area (Å²) in [5.74, 6) is 0. The largest absolute Gasteiger partial charge is 0.373 e. The highest BCUT2D eigenvalue weighted by atomic mass is 79.9. The van der Waals surface area contributed by atoms with Gasteiger partial charge in [-0.15, -0.1) is 0 Å². The molecule has 0 N–H and O–H groups in total. The van der Waals surface area contributed by atoms with E-state index in [0.717, 1.165) is 13.1 Å². The van der Waals surface area contributed by atoms with E-state index in [4.69, 9.17) is 4.74 Å². The molecular formula is C15H28BrNO. The van der Waals surface area contributed by atoms with Crippen LogP contribution in [0.15, 0.2) is 0 Å². The summed E-state index contributed by atoms with van der Waals surface area (Å²) >= 11 is 3.80. The van der Waals surface area contributed by atoms with Crippen LogP contribution in [0.25, 0.3) is 0 Å². The van der Waals surface area contributed by atoms with E-state index in [2.05, 4.69) is 34.7 Å². The summed E-state index contributed by atoms with van der Waals surface area (Å²) in [6, 6.07) is 0. The molecule has 18 heavy (non-hydrogen) atoms. The van der Waals surface area contributed by atoms with E-state index >= 15 is 0 Å². The molecule has 0 bridgehead atoms. The lowest BCUT2D eigenvalue weighted by Gasteiger charge is -2.42. The summed E-state index contributed by atoms with van der Waals surface area (Å²) in [5.41, 5.74) is 0.521. The molecular weight excluding hydrogens is 290 g/mol. The first kappa shape index (κ1) is 14.8. The topological polar surface area (TPSA) is 12.5 Å². The quantitative estimate of drug-likeness (QED) is 0.579. The third-order valence-corrected chi connectivity index (χ3v) is 5.69. The predicted octanol–water partition coefficient (Wildman–Crippen LogP) is 3.83. The van der Waals surface area contributed by atoms with Gasteiger partial charge in [0.15, 0.2) is 0 Å². The first-order valence-corrected chi connectivity index (χ1v) is 8.69. The van der Waals surface area contributed by atoms with Crippen LogP contribution in [0.1, 0.15) is 52.4 Å². The number of hydrogen-bond acceptors (Lipinski definition) is 2. The second kappa shape index (κ2) is 6.71. The summed E-state index contributed by atoms with van der Waals surface area (Å²) in [4.78, 5) is 2.64. The molecule has 106 valence electrons. The molecule has 1 heterocycles. The van der Waals surface area contributed by atoms with Crippen LogP contribution in [0.5, 0.6) is 0 Å². The molecule has 2 atom stereocenters. The molecule has 0 unspecified atom stereocenters. The van der Waals surface area contributed by atoms with Gasteiger partial charge in [0.25, 0.3) is 0 Å². The molecule has 2 rings (SSSR count). The van der Waals surface area contributed by atoms with Crippen LogP contribution in [0, 0.1) is 5.41 Å². The Morgan fingerprint density at radius 1 is 1.06 bits per heavy atom. The zero-order chi connectivity index (χ0) is 13.0. The van der Waals surface area contributed by atoms with Crippen molar-refractivity contribution >= 4 is 15.9 Å². The highest BCUT2D eigenvalue weighted by molar-refractivity contribution is 9.09. The molecule has 1 aliphatic carbocycles. The van der Waals surface area contributed by atoms with Crippen LogP contribution in [-0.2, 0) is 4.74 Å². The Hall–Kier alpha value is 0.400. The normalized spacial score (nSPS) is 34.2. The monoisotopic (exact) mass is 317 g/mol. The lowest BCUT2D eigenvalue weighted by atomic mass is 9.81. The molecule has 2 nitrogen and oxygen atoms in total. The number of halogens is 1. The molecule has 1 saturated carbocycles. The number of ether oxygens (including phenoxy) is 1. The van der Waals surface area contributed by atoms with Crippen LogP contribution in [-0.4, -0.2) is 42.1 Å². The fourth-order valence-electron chi connectivity index (χ4n) is 3.70. The van der Waals surface area contributed by atoms with Gasteiger partial charge in [-0.25, -0.2) is 0 Å². The van der Waals surface area contributed by atoms with Crippen molar-refractivity contribution in [3.63, 3.8) is 0 Å². The second-order valence-corrected chi connectivity index (χ2v) is 7.06. The molecule has 0 aromatic heterocycles. The van der Waals surface area contributed by atoms with Gasteiger partial charge in [0.2, 0.25) is 0 Å². The Morgan fingerprint density at radius 2 is 1.61 bits per heavy atom. The maximum absolute atomic E-state index is 5.84. The van der Waals surface area contributed by atoms with Gasteiger partial charge in [-0.2, -0.15) is 0 Å². The fourth-order valence-corrected chi connectivity index (χ4v) is 4.44. The Morgan fingerprint density at radius 3 is 2.11 bits per heavy atom. The first-order chi connectivity index (χ1) is 8.63. The number of rotatable bonds is 3. The smallest absolute Gasteiger partial charge is 0.0678 e. The summed E-state index contributed by atoms with van der Waals surface area (Å²) in [6.07, 6.45) is 9.30. The average Bonchev–Trinajstić information content (AvgIpc) is 2.54. The van der Waals surface area contributed by atoms with E-state index in [1.807, 2.05) is 0 Å². The highest BCUT2D eigenvalue weighted by Gasteiger charge is 2.34. The van der Waals surface area contributed by atoms with Crippen LogP contribution in [0.2, 0.25) is 0 Å². The third-order valence-electron chi connectivity index (χ3n) is 4.50. The zero-order valence-electron chi connectivity index (χ0n) is 12.0. The van der Waals surface area contributed by atoms with Gasteiger partial charge in [0.1, 0.15) is 0 Å². The Labute approximate surface area is 121 Å². The van der Waals surface area contributed by atoms with E-state index < -0.39 is 0 Å². The minimum absolute atomic E-state index is 0.395. The van der Waals surface area contributed by atoms with Crippen molar-refractivity contribution in [2.75, 3.05) is 25.0 Å². The Bertz CT molecular complexity index is 241. The molecule has 2 fully saturated rings. The van der Waals surface area contributed by atoms with E-state index in [-0.39, 0.29) is 0 Å². The van der Waals surface area contributed by atoms with Crippen LogP contribution >= 0.6 is 15.9 Å². The number of nitrogens with zero attached hydrogens (tertiary/aromatic N) is 1. The molecule has 0 amide bonds. The lowest BCUT2D eigenvalue weighted by Crippen LogP contribution is -2.50. The minimum Gasteiger partial charge on any atom is -0.373 e. The van der Waals surface area contributed by atoms with E-state index in [1.165, 1.54) is 50.4 Å². The van der Waals surface area contributed by atoms with Crippen LogP contribution in [0.4, 0.5) is 0 Å². The molecule has 1 saturated heterocycles. The summed E-state index contributed by atoms with van der Waals surface area (Å²) < 4.78 is 5.84. The fraction of sp³-hybridized carbons (Fsp3) is 1.00. The molecule has 0 radical (unpaired) electrons. The van der Waals surface area contributed by atoms with Crippen molar-refractivity contribution in [2.45, 2.75) is 64.6 Å². The van der Waals surface area contributed by atoms with E-state index in [1.54, 1.807) is 0 Å².